The molecule has 3 rings (SSSR count). The van der Waals surface area contributed by atoms with Crippen molar-refractivity contribution in [1.82, 2.24) is 10.2 Å². The summed E-state index contributed by atoms with van der Waals surface area (Å²) < 4.78 is 0. The first-order valence-corrected chi connectivity index (χ1v) is 9.42. The molecule has 1 aliphatic rings. The van der Waals surface area contributed by atoms with Crippen molar-refractivity contribution in [2.45, 2.75) is 27.3 Å². The number of hydrogen-bond donors (Lipinski definition) is 1. The van der Waals surface area contributed by atoms with Crippen molar-refractivity contribution in [3.8, 4) is 0 Å². The fourth-order valence-corrected chi connectivity index (χ4v) is 3.93. The number of aryl methyl sites for hydroxylation is 3. The summed E-state index contributed by atoms with van der Waals surface area (Å²) in [5.74, 6) is 0. The smallest absolute Gasteiger partial charge is 0.317 e. The van der Waals surface area contributed by atoms with Gasteiger partial charge in [0.1, 0.15) is 0 Å². The van der Waals surface area contributed by atoms with Crippen LogP contribution in [-0.4, -0.2) is 37.1 Å². The summed E-state index contributed by atoms with van der Waals surface area (Å²) in [6.07, 6.45) is 0. The van der Waals surface area contributed by atoms with Crippen LogP contribution < -0.4 is 10.2 Å². The first-order valence-electron chi connectivity index (χ1n) is 9.04. The van der Waals surface area contributed by atoms with E-state index in [9.17, 15) is 4.79 Å². The predicted molar refractivity (Wildman–Crippen MR) is 108 cm³/mol. The molecule has 0 aliphatic carbocycles. The number of piperazine rings is 1. The zero-order valence-corrected chi connectivity index (χ0v) is 16.4. The van der Waals surface area contributed by atoms with Gasteiger partial charge in [-0.15, -0.1) is 0 Å². The van der Waals surface area contributed by atoms with Crippen LogP contribution >= 0.6 is 11.6 Å². The van der Waals surface area contributed by atoms with E-state index < -0.39 is 0 Å². The molecular weight excluding hydrogens is 346 g/mol. The Morgan fingerprint density at radius 1 is 1.04 bits per heavy atom. The third kappa shape index (κ3) is 4.13. The highest BCUT2D eigenvalue weighted by Crippen LogP contribution is 2.27. The summed E-state index contributed by atoms with van der Waals surface area (Å²) in [5, 5.41) is 3.66. The van der Waals surface area contributed by atoms with Gasteiger partial charge in [-0.05, 0) is 43.5 Å². The van der Waals surface area contributed by atoms with E-state index in [2.05, 4.69) is 43.1 Å². The first-order chi connectivity index (χ1) is 12.5. The van der Waals surface area contributed by atoms with Gasteiger partial charge in [0.25, 0.3) is 0 Å². The Kier molecular flexibility index (Phi) is 5.72. The minimum absolute atomic E-state index is 0.0260. The molecule has 1 aliphatic heterocycles. The van der Waals surface area contributed by atoms with E-state index in [-0.39, 0.29) is 6.03 Å². The van der Waals surface area contributed by atoms with Crippen LogP contribution in [0.5, 0.6) is 0 Å². The molecule has 4 nitrogen and oxygen atoms in total. The monoisotopic (exact) mass is 371 g/mol. The highest BCUT2D eigenvalue weighted by molar-refractivity contribution is 6.31. The third-order valence-electron chi connectivity index (χ3n) is 4.91. The van der Waals surface area contributed by atoms with E-state index in [1.807, 2.05) is 29.2 Å². The van der Waals surface area contributed by atoms with Gasteiger partial charge >= 0.3 is 6.03 Å². The molecule has 0 saturated carbocycles. The minimum atomic E-state index is -0.0260. The standard InChI is InChI=1S/C21H26ClN3O/c1-15-12-16(2)20(17(3)13-15)24-8-10-25(11-9-24)21(26)23-14-18-6-4-5-7-19(18)22/h4-7,12-13H,8-11,14H2,1-3H3,(H,23,26). The van der Waals surface area contributed by atoms with Gasteiger partial charge in [-0.2, -0.15) is 0 Å². The van der Waals surface area contributed by atoms with Gasteiger partial charge in [0, 0.05) is 43.4 Å². The van der Waals surface area contributed by atoms with Crippen LogP contribution in [0.3, 0.4) is 0 Å². The van der Waals surface area contributed by atoms with Gasteiger partial charge in [-0.3, -0.25) is 0 Å². The Labute approximate surface area is 160 Å². The second-order valence-corrected chi connectivity index (χ2v) is 7.38. The number of carbonyl (C=O) groups excluding carboxylic acids is 1. The maximum atomic E-state index is 12.5. The summed E-state index contributed by atoms with van der Waals surface area (Å²) >= 11 is 6.15. The lowest BCUT2D eigenvalue weighted by Crippen LogP contribution is -2.52. The Bertz CT molecular complexity index is 775. The van der Waals surface area contributed by atoms with Crippen LogP contribution in [0.25, 0.3) is 0 Å². The van der Waals surface area contributed by atoms with Crippen molar-refractivity contribution in [1.29, 1.82) is 0 Å². The molecule has 5 heteroatoms. The topological polar surface area (TPSA) is 35.6 Å². The van der Waals surface area contributed by atoms with Crippen molar-refractivity contribution in [2.75, 3.05) is 31.1 Å². The number of carbonyl (C=O) groups is 1. The quantitative estimate of drug-likeness (QED) is 0.873. The molecule has 0 atom stereocenters. The molecule has 0 spiro atoms. The van der Waals surface area contributed by atoms with E-state index in [0.29, 0.717) is 11.6 Å². The summed E-state index contributed by atoms with van der Waals surface area (Å²) in [5.41, 5.74) is 6.15. The Morgan fingerprint density at radius 3 is 2.27 bits per heavy atom. The molecule has 2 aromatic rings. The minimum Gasteiger partial charge on any atom is -0.368 e. The number of nitrogens with one attached hydrogen (secondary N) is 1. The maximum Gasteiger partial charge on any atom is 0.317 e. The fraction of sp³-hybridized carbons (Fsp3) is 0.381. The second kappa shape index (κ2) is 8.00. The molecule has 0 aromatic heterocycles. The zero-order valence-electron chi connectivity index (χ0n) is 15.7. The van der Waals surface area contributed by atoms with Crippen molar-refractivity contribution in [2.24, 2.45) is 0 Å². The molecule has 1 fully saturated rings. The molecule has 0 radical (unpaired) electrons. The highest BCUT2D eigenvalue weighted by atomic mass is 35.5. The number of urea groups is 1. The Hall–Kier alpha value is -2.20. The second-order valence-electron chi connectivity index (χ2n) is 6.97. The molecule has 2 aromatic carbocycles. The molecule has 0 unspecified atom stereocenters. The lowest BCUT2D eigenvalue weighted by molar-refractivity contribution is 0.194. The summed E-state index contributed by atoms with van der Waals surface area (Å²) in [4.78, 5) is 16.7. The zero-order chi connectivity index (χ0) is 18.7. The molecule has 1 saturated heterocycles. The highest BCUT2D eigenvalue weighted by Gasteiger charge is 2.23. The van der Waals surface area contributed by atoms with E-state index in [0.717, 1.165) is 31.7 Å². The van der Waals surface area contributed by atoms with Crippen molar-refractivity contribution in [3.05, 3.63) is 63.7 Å². The number of halogens is 1. The van der Waals surface area contributed by atoms with E-state index in [1.54, 1.807) is 0 Å². The summed E-state index contributed by atoms with van der Waals surface area (Å²) in [6, 6.07) is 12.0. The number of rotatable bonds is 3. The number of nitrogens with zero attached hydrogens (tertiary/aromatic N) is 2. The molecule has 26 heavy (non-hydrogen) atoms. The fourth-order valence-electron chi connectivity index (χ4n) is 3.73. The number of hydrogen-bond acceptors (Lipinski definition) is 2. The van der Waals surface area contributed by atoms with Crippen LogP contribution in [0.2, 0.25) is 5.02 Å². The first kappa shape index (κ1) is 18.6. The summed E-state index contributed by atoms with van der Waals surface area (Å²) in [6.45, 7) is 10.1. The van der Waals surface area contributed by atoms with Crippen molar-refractivity contribution < 1.29 is 4.79 Å². The lowest BCUT2D eigenvalue weighted by atomic mass is 10.0. The van der Waals surface area contributed by atoms with Crippen molar-refractivity contribution >= 4 is 23.3 Å². The maximum absolute atomic E-state index is 12.5. The van der Waals surface area contributed by atoms with E-state index in [4.69, 9.17) is 11.6 Å². The Morgan fingerprint density at radius 2 is 1.65 bits per heavy atom. The molecule has 1 heterocycles. The van der Waals surface area contributed by atoms with Crippen LogP contribution in [-0.2, 0) is 6.54 Å². The van der Waals surface area contributed by atoms with Crippen LogP contribution in [0.1, 0.15) is 22.3 Å². The largest absolute Gasteiger partial charge is 0.368 e. The molecule has 2 amide bonds. The molecule has 1 N–H and O–H groups in total. The van der Waals surface area contributed by atoms with Crippen LogP contribution in [0.15, 0.2) is 36.4 Å². The molecule has 138 valence electrons. The number of benzene rings is 2. The van der Waals surface area contributed by atoms with Gasteiger partial charge in [0.15, 0.2) is 0 Å². The van der Waals surface area contributed by atoms with Crippen LogP contribution in [0, 0.1) is 20.8 Å². The van der Waals surface area contributed by atoms with Gasteiger partial charge in [0.2, 0.25) is 0 Å². The van der Waals surface area contributed by atoms with Gasteiger partial charge in [-0.25, -0.2) is 4.79 Å². The Balaban J connectivity index is 1.57. The van der Waals surface area contributed by atoms with E-state index >= 15 is 0 Å². The van der Waals surface area contributed by atoms with Gasteiger partial charge in [-0.1, -0.05) is 47.5 Å². The average Bonchev–Trinajstić information content (AvgIpc) is 2.60. The third-order valence-corrected chi connectivity index (χ3v) is 5.28. The van der Waals surface area contributed by atoms with Crippen LogP contribution in [0.4, 0.5) is 10.5 Å². The van der Waals surface area contributed by atoms with Crippen molar-refractivity contribution in [3.63, 3.8) is 0 Å². The van der Waals surface area contributed by atoms with Gasteiger partial charge in [0.05, 0.1) is 0 Å². The predicted octanol–water partition coefficient (Wildman–Crippen LogP) is 4.30. The number of anilines is 1. The number of amides is 2. The molecule has 0 bridgehead atoms. The SMILES string of the molecule is Cc1cc(C)c(N2CCN(C(=O)NCc3ccccc3Cl)CC2)c(C)c1. The van der Waals surface area contributed by atoms with E-state index in [1.165, 1.54) is 22.4 Å². The average molecular weight is 372 g/mol. The van der Waals surface area contributed by atoms with Gasteiger partial charge < -0.3 is 15.1 Å². The molecular formula is C21H26ClN3O. The summed E-state index contributed by atoms with van der Waals surface area (Å²) in [7, 11) is 0. The normalized spacial score (nSPS) is 14.5. The lowest BCUT2D eigenvalue weighted by Gasteiger charge is -2.37.